The Morgan fingerprint density at radius 1 is 0.500 bits per heavy atom. The summed E-state index contributed by atoms with van der Waals surface area (Å²) in [5.41, 5.74) is -1.75. The van der Waals surface area contributed by atoms with Gasteiger partial charge in [0.15, 0.2) is 0 Å². The first kappa shape index (κ1) is 52.9. The van der Waals surface area contributed by atoms with Crippen molar-refractivity contribution in [3.63, 3.8) is 0 Å². The fourth-order valence-electron chi connectivity index (χ4n) is 8.37. The summed E-state index contributed by atoms with van der Waals surface area (Å²) in [6.07, 6.45) is 1.35. The van der Waals surface area contributed by atoms with Crippen molar-refractivity contribution in [1.29, 1.82) is 0 Å². The maximum atomic E-state index is 13.9. The zero-order chi connectivity index (χ0) is 51.4. The molecule has 2 amide bonds. The molecule has 0 aromatic heterocycles. The van der Waals surface area contributed by atoms with E-state index in [-0.39, 0.29) is 125 Å². The topological polar surface area (TPSA) is 297 Å². The SMILES string of the molecule is C=C(c1ccc(NC(=O)c2ccc(OC3CCOCC3)c(S(=O)(=O)N3CCOCC3)c2)cc1S(=O)(=O)O)c1ccc(NC(=O)c2ccc(OC3CCOCC3)c(S(=O)(=O)N3CCOCC3)c2)cc1S(=O)(=O)O. The molecule has 0 bridgehead atoms. The monoisotopic (exact) mass is 1080 g/mol. The minimum absolute atomic E-state index is 0.0225. The second-order valence-corrected chi connectivity index (χ2v) is 23.6. The van der Waals surface area contributed by atoms with Crippen LogP contribution in [-0.2, 0) is 59.2 Å². The number of hydrogen-bond donors (Lipinski definition) is 4. The highest BCUT2D eigenvalue weighted by molar-refractivity contribution is 7.89. The number of nitrogens with zero attached hydrogens (tertiary/aromatic N) is 2. The summed E-state index contributed by atoms with van der Waals surface area (Å²) in [5, 5.41) is 5.00. The van der Waals surface area contributed by atoms with Crippen LogP contribution in [0, 0.1) is 0 Å². The second-order valence-electron chi connectivity index (χ2n) is 17.0. The second kappa shape index (κ2) is 22.0. The van der Waals surface area contributed by atoms with Crippen LogP contribution in [0.25, 0.3) is 5.57 Å². The standard InChI is InChI=1S/C46H52N4O18S4/c1-30(37-6-4-33(28-41(37)71(57,58)59)47-45(51)31-2-8-39(67-35-10-18-63-19-11-35)43(26-31)69(53,54)49-14-22-65-23-15-49)38-7-5-34(29-42(38)72(60,61)62)48-46(52)32-3-9-40(68-36-12-20-64-21-13-36)44(27-32)70(55,56)50-16-24-66-25-17-50/h2-9,26-29,35-36H,1,10-25H2,(H,47,51)(H,48,52)(H,57,58,59)(H,60,61,62). The van der Waals surface area contributed by atoms with Crippen molar-refractivity contribution in [3.05, 3.63) is 102 Å². The molecule has 4 aliphatic heterocycles. The van der Waals surface area contributed by atoms with Crippen molar-refractivity contribution in [2.24, 2.45) is 0 Å². The van der Waals surface area contributed by atoms with Crippen molar-refractivity contribution in [1.82, 2.24) is 8.61 Å². The van der Waals surface area contributed by atoms with Crippen LogP contribution in [0.1, 0.15) is 57.5 Å². The highest BCUT2D eigenvalue weighted by atomic mass is 32.2. The first-order chi connectivity index (χ1) is 34.2. The van der Waals surface area contributed by atoms with Crippen molar-refractivity contribution < 1.29 is 80.8 Å². The zero-order valence-corrected chi connectivity index (χ0v) is 41.8. The lowest BCUT2D eigenvalue weighted by atomic mass is 9.98. The van der Waals surface area contributed by atoms with E-state index >= 15 is 0 Å². The van der Waals surface area contributed by atoms with Gasteiger partial charge in [0.05, 0.1) is 52.9 Å². The van der Waals surface area contributed by atoms with E-state index in [9.17, 15) is 52.4 Å². The van der Waals surface area contributed by atoms with Crippen LogP contribution >= 0.6 is 0 Å². The molecule has 8 rings (SSSR count). The number of benzene rings is 4. The number of sulfonamides is 2. The van der Waals surface area contributed by atoms with E-state index in [4.69, 9.17) is 28.4 Å². The normalized spacial score (nSPS) is 18.2. The Bertz CT molecular complexity index is 2970. The summed E-state index contributed by atoms with van der Waals surface area (Å²) >= 11 is 0. The Hall–Kier alpha value is -5.36. The number of carbonyl (C=O) groups excluding carboxylic acids is 2. The van der Waals surface area contributed by atoms with E-state index in [1.54, 1.807) is 0 Å². The van der Waals surface area contributed by atoms with Gasteiger partial charge in [0.25, 0.3) is 32.1 Å². The lowest BCUT2D eigenvalue weighted by molar-refractivity contribution is 0.0240. The average molecular weight is 1080 g/mol. The Morgan fingerprint density at radius 2 is 0.847 bits per heavy atom. The van der Waals surface area contributed by atoms with E-state index in [0.717, 1.165) is 36.4 Å². The van der Waals surface area contributed by atoms with Crippen molar-refractivity contribution in [2.45, 2.75) is 57.5 Å². The summed E-state index contributed by atoms with van der Waals surface area (Å²) in [4.78, 5) is 25.3. The lowest BCUT2D eigenvalue weighted by Crippen LogP contribution is -2.41. The van der Waals surface area contributed by atoms with Gasteiger partial charge in [-0.3, -0.25) is 18.7 Å². The van der Waals surface area contributed by atoms with E-state index in [1.165, 1.54) is 45.0 Å². The van der Waals surface area contributed by atoms with Crippen LogP contribution in [0.4, 0.5) is 11.4 Å². The molecular weight excluding hydrogens is 1020 g/mol. The average Bonchev–Trinajstić information content (AvgIpc) is 3.37. The molecule has 4 N–H and O–H groups in total. The molecule has 0 aliphatic carbocycles. The van der Waals surface area contributed by atoms with Crippen LogP contribution in [0.3, 0.4) is 0 Å². The van der Waals surface area contributed by atoms with Crippen LogP contribution in [0.15, 0.2) is 99.0 Å². The Balaban J connectivity index is 1.05. The molecule has 4 aliphatic rings. The third-order valence-corrected chi connectivity index (χ3v) is 17.8. The van der Waals surface area contributed by atoms with Gasteiger partial charge in [0.2, 0.25) is 20.0 Å². The maximum absolute atomic E-state index is 13.9. The highest BCUT2D eigenvalue weighted by Gasteiger charge is 2.34. The van der Waals surface area contributed by atoms with Gasteiger partial charge < -0.3 is 39.1 Å². The summed E-state index contributed by atoms with van der Waals surface area (Å²) in [5.74, 6) is -1.71. The molecule has 0 saturated carbocycles. The number of nitrogens with one attached hydrogen (secondary N) is 2. The summed E-state index contributed by atoms with van der Waals surface area (Å²) in [6.45, 7) is 6.43. The van der Waals surface area contributed by atoms with E-state index in [2.05, 4.69) is 17.2 Å². The minimum Gasteiger partial charge on any atom is -0.489 e. The largest absolute Gasteiger partial charge is 0.489 e. The van der Waals surface area contributed by atoms with E-state index < -0.39 is 61.9 Å². The van der Waals surface area contributed by atoms with E-state index in [0.29, 0.717) is 52.1 Å². The predicted octanol–water partition coefficient (Wildman–Crippen LogP) is 3.90. The van der Waals surface area contributed by atoms with E-state index in [1.807, 2.05) is 0 Å². The van der Waals surface area contributed by atoms with Gasteiger partial charge in [-0.1, -0.05) is 18.7 Å². The maximum Gasteiger partial charge on any atom is 0.295 e. The molecule has 0 unspecified atom stereocenters. The van der Waals surface area contributed by atoms with Gasteiger partial charge >= 0.3 is 0 Å². The number of amides is 2. The van der Waals surface area contributed by atoms with Gasteiger partial charge in [0, 0.05) is 85.5 Å². The molecule has 72 heavy (non-hydrogen) atoms. The molecule has 22 nitrogen and oxygen atoms in total. The summed E-state index contributed by atoms with van der Waals surface area (Å²) in [6, 6.07) is 14.1. The number of morpholine rings is 2. The summed E-state index contributed by atoms with van der Waals surface area (Å²) < 4.78 is 164. The Kier molecular flexibility index (Phi) is 16.2. The van der Waals surface area contributed by atoms with Gasteiger partial charge in [-0.05, 0) is 66.2 Å². The molecule has 4 aromatic rings. The lowest BCUT2D eigenvalue weighted by Gasteiger charge is -2.28. The molecule has 0 spiro atoms. The smallest absolute Gasteiger partial charge is 0.295 e. The van der Waals surface area contributed by atoms with Crippen LogP contribution in [-0.4, -0.2) is 154 Å². The third kappa shape index (κ3) is 12.2. The van der Waals surface area contributed by atoms with Gasteiger partial charge in [-0.25, -0.2) is 16.8 Å². The molecule has 26 heteroatoms. The molecule has 388 valence electrons. The molecule has 4 fully saturated rings. The third-order valence-electron chi connectivity index (χ3n) is 12.2. The molecule has 4 heterocycles. The molecule has 0 atom stereocenters. The first-order valence-electron chi connectivity index (χ1n) is 22.7. The van der Waals surface area contributed by atoms with Crippen molar-refractivity contribution >= 4 is 69.0 Å². The number of anilines is 2. The molecular formula is C46H52N4O18S4. The fourth-order valence-corrected chi connectivity index (χ4v) is 13.0. The van der Waals surface area contributed by atoms with Crippen LogP contribution in [0.2, 0.25) is 0 Å². The van der Waals surface area contributed by atoms with Crippen molar-refractivity contribution in [2.75, 3.05) is 89.7 Å². The van der Waals surface area contributed by atoms with Gasteiger partial charge in [-0.15, -0.1) is 0 Å². The molecule has 4 saturated heterocycles. The zero-order valence-electron chi connectivity index (χ0n) is 38.6. The predicted molar refractivity (Wildman–Crippen MR) is 258 cm³/mol. The quantitative estimate of drug-likeness (QED) is 0.116. The van der Waals surface area contributed by atoms with Gasteiger partial charge in [-0.2, -0.15) is 25.4 Å². The van der Waals surface area contributed by atoms with Crippen LogP contribution < -0.4 is 20.1 Å². The number of ether oxygens (including phenoxy) is 6. The molecule has 4 aromatic carbocycles. The van der Waals surface area contributed by atoms with Gasteiger partial charge in [0.1, 0.15) is 43.3 Å². The minimum atomic E-state index is -5.17. The number of carbonyl (C=O) groups is 2. The van der Waals surface area contributed by atoms with Crippen molar-refractivity contribution in [3.8, 4) is 11.5 Å². The fraction of sp³-hybridized carbons (Fsp3) is 0.391. The number of hydrogen-bond acceptors (Lipinski definition) is 16. The first-order valence-corrected chi connectivity index (χ1v) is 28.4. The Morgan fingerprint density at radius 3 is 1.19 bits per heavy atom. The molecule has 0 radical (unpaired) electrons. The highest BCUT2D eigenvalue weighted by Crippen LogP contribution is 2.37. The number of rotatable bonds is 16. The van der Waals surface area contributed by atoms with Crippen LogP contribution in [0.5, 0.6) is 11.5 Å². The Labute approximate surface area is 416 Å². The summed E-state index contributed by atoms with van der Waals surface area (Å²) in [7, 11) is -18.8.